The topological polar surface area (TPSA) is 43.4 Å². The minimum absolute atomic E-state index is 0.158. The number of ketones is 1. The molecule has 0 N–H and O–H groups in total. The van der Waals surface area contributed by atoms with Crippen molar-refractivity contribution in [2.75, 3.05) is 7.11 Å². The molecule has 1 rings (SSSR count). The largest absolute Gasteiger partial charge is 0.468 e. The fourth-order valence-corrected chi connectivity index (χ4v) is 1.39. The molecule has 0 saturated carbocycles. The second-order valence-corrected chi connectivity index (χ2v) is 3.95. The summed E-state index contributed by atoms with van der Waals surface area (Å²) in [5.74, 6) is -1.38. The molecule has 1 unspecified atom stereocenters. The maximum atomic E-state index is 11.7. The molecule has 0 saturated heterocycles. The van der Waals surface area contributed by atoms with Crippen molar-refractivity contribution in [3.05, 3.63) is 34.9 Å². The zero-order chi connectivity index (χ0) is 12.1. The number of Topliss-reactive ketones (excluding diaryl/α,β-unsaturated/α-hetero) is 1. The smallest absolute Gasteiger partial charge is 0.315 e. The van der Waals surface area contributed by atoms with Crippen LogP contribution in [0.5, 0.6) is 0 Å². The van der Waals surface area contributed by atoms with Crippen LogP contribution in [0.25, 0.3) is 0 Å². The number of esters is 1. The molecule has 0 bridgehead atoms. The van der Waals surface area contributed by atoms with Gasteiger partial charge in [-0.2, -0.15) is 0 Å². The number of carbonyl (C=O) groups excluding carboxylic acids is 2. The number of hydrogen-bond donors (Lipinski definition) is 0. The summed E-state index contributed by atoms with van der Waals surface area (Å²) < 4.78 is 4.51. The molecule has 1 aromatic carbocycles. The van der Waals surface area contributed by atoms with Crippen LogP contribution >= 0.6 is 11.6 Å². The SMILES string of the molecule is COC(=O)C(C)C(=O)Cc1ccc(Cl)cc1. The van der Waals surface area contributed by atoms with Crippen LogP contribution in [0.1, 0.15) is 12.5 Å². The summed E-state index contributed by atoms with van der Waals surface area (Å²) in [6.45, 7) is 1.55. The van der Waals surface area contributed by atoms with E-state index in [1.54, 1.807) is 31.2 Å². The third-order valence-electron chi connectivity index (χ3n) is 2.33. The second-order valence-electron chi connectivity index (χ2n) is 3.51. The molecule has 16 heavy (non-hydrogen) atoms. The van der Waals surface area contributed by atoms with Crippen molar-refractivity contribution >= 4 is 23.4 Å². The highest BCUT2D eigenvalue weighted by molar-refractivity contribution is 6.30. The van der Waals surface area contributed by atoms with Crippen LogP contribution in [-0.4, -0.2) is 18.9 Å². The molecule has 0 aromatic heterocycles. The van der Waals surface area contributed by atoms with Crippen molar-refractivity contribution in [3.63, 3.8) is 0 Å². The Bertz CT molecular complexity index is 384. The number of methoxy groups -OCH3 is 1. The summed E-state index contributed by atoms with van der Waals surface area (Å²) >= 11 is 5.72. The van der Waals surface area contributed by atoms with Crippen molar-refractivity contribution in [2.24, 2.45) is 5.92 Å². The molecule has 0 fully saturated rings. The van der Waals surface area contributed by atoms with E-state index in [1.165, 1.54) is 7.11 Å². The lowest BCUT2D eigenvalue weighted by Gasteiger charge is -2.07. The highest BCUT2D eigenvalue weighted by Crippen LogP contribution is 2.12. The fraction of sp³-hybridized carbons (Fsp3) is 0.333. The van der Waals surface area contributed by atoms with Gasteiger partial charge in [-0.3, -0.25) is 9.59 Å². The Labute approximate surface area is 99.4 Å². The van der Waals surface area contributed by atoms with Crippen molar-refractivity contribution < 1.29 is 14.3 Å². The van der Waals surface area contributed by atoms with E-state index in [-0.39, 0.29) is 12.2 Å². The number of carbonyl (C=O) groups is 2. The first-order chi connectivity index (χ1) is 7.54. The maximum Gasteiger partial charge on any atom is 0.315 e. The highest BCUT2D eigenvalue weighted by atomic mass is 35.5. The van der Waals surface area contributed by atoms with Crippen LogP contribution < -0.4 is 0 Å². The first-order valence-corrected chi connectivity index (χ1v) is 5.27. The molecule has 0 amide bonds. The van der Waals surface area contributed by atoms with Gasteiger partial charge in [-0.1, -0.05) is 23.7 Å². The van der Waals surface area contributed by atoms with Crippen LogP contribution in [0, 0.1) is 5.92 Å². The molecule has 0 aliphatic carbocycles. The minimum atomic E-state index is -0.722. The van der Waals surface area contributed by atoms with Crippen molar-refractivity contribution in [2.45, 2.75) is 13.3 Å². The number of ether oxygens (including phenoxy) is 1. The summed E-state index contributed by atoms with van der Waals surface area (Å²) in [6.07, 6.45) is 0.216. The zero-order valence-corrected chi connectivity index (χ0v) is 9.95. The van der Waals surface area contributed by atoms with Gasteiger partial charge in [0.2, 0.25) is 0 Å². The molecule has 86 valence electrons. The normalized spacial score (nSPS) is 11.9. The van der Waals surface area contributed by atoms with E-state index >= 15 is 0 Å². The third-order valence-corrected chi connectivity index (χ3v) is 2.58. The van der Waals surface area contributed by atoms with Gasteiger partial charge in [0, 0.05) is 11.4 Å². The Morgan fingerprint density at radius 1 is 1.31 bits per heavy atom. The summed E-state index contributed by atoms with van der Waals surface area (Å²) in [5.41, 5.74) is 0.838. The molecule has 1 aromatic rings. The average Bonchev–Trinajstić information content (AvgIpc) is 2.30. The zero-order valence-electron chi connectivity index (χ0n) is 9.20. The molecule has 0 aliphatic rings. The monoisotopic (exact) mass is 240 g/mol. The lowest BCUT2D eigenvalue weighted by Crippen LogP contribution is -2.23. The first-order valence-electron chi connectivity index (χ1n) is 4.89. The molecule has 0 spiro atoms. The van der Waals surface area contributed by atoms with E-state index in [2.05, 4.69) is 4.74 Å². The molecule has 0 radical (unpaired) electrons. The van der Waals surface area contributed by atoms with Gasteiger partial charge in [-0.05, 0) is 24.6 Å². The van der Waals surface area contributed by atoms with Crippen molar-refractivity contribution in [1.29, 1.82) is 0 Å². The lowest BCUT2D eigenvalue weighted by molar-refractivity contribution is -0.148. The van der Waals surface area contributed by atoms with Gasteiger partial charge in [0.25, 0.3) is 0 Å². The van der Waals surface area contributed by atoms with E-state index in [0.717, 1.165) is 5.56 Å². The van der Waals surface area contributed by atoms with Crippen LogP contribution in [0.15, 0.2) is 24.3 Å². The van der Waals surface area contributed by atoms with Gasteiger partial charge < -0.3 is 4.74 Å². The van der Waals surface area contributed by atoms with Gasteiger partial charge in [-0.25, -0.2) is 0 Å². The summed E-state index contributed by atoms with van der Waals surface area (Å²) in [6, 6.07) is 6.97. The summed E-state index contributed by atoms with van der Waals surface area (Å²) in [7, 11) is 1.27. The molecule has 3 nitrogen and oxygen atoms in total. The second kappa shape index (κ2) is 5.66. The van der Waals surface area contributed by atoms with Gasteiger partial charge in [0.15, 0.2) is 5.78 Å². The van der Waals surface area contributed by atoms with Crippen LogP contribution in [0.4, 0.5) is 0 Å². The Morgan fingerprint density at radius 3 is 2.38 bits per heavy atom. The molecular weight excluding hydrogens is 228 g/mol. The van der Waals surface area contributed by atoms with Crippen LogP contribution in [-0.2, 0) is 20.7 Å². The van der Waals surface area contributed by atoms with E-state index < -0.39 is 11.9 Å². The average molecular weight is 241 g/mol. The van der Waals surface area contributed by atoms with E-state index in [1.807, 2.05) is 0 Å². The van der Waals surface area contributed by atoms with Gasteiger partial charge in [0.05, 0.1) is 7.11 Å². The Morgan fingerprint density at radius 2 is 1.88 bits per heavy atom. The van der Waals surface area contributed by atoms with Crippen molar-refractivity contribution in [3.8, 4) is 0 Å². The predicted molar refractivity (Wildman–Crippen MR) is 61.3 cm³/mol. The molecule has 0 heterocycles. The lowest BCUT2D eigenvalue weighted by atomic mass is 10.00. The minimum Gasteiger partial charge on any atom is -0.468 e. The number of hydrogen-bond acceptors (Lipinski definition) is 3. The van der Waals surface area contributed by atoms with E-state index in [0.29, 0.717) is 5.02 Å². The van der Waals surface area contributed by atoms with Crippen molar-refractivity contribution in [1.82, 2.24) is 0 Å². The van der Waals surface area contributed by atoms with Crippen LogP contribution in [0.2, 0.25) is 5.02 Å². The van der Waals surface area contributed by atoms with E-state index in [4.69, 9.17) is 11.6 Å². The Hall–Kier alpha value is -1.35. The quantitative estimate of drug-likeness (QED) is 0.599. The standard InChI is InChI=1S/C12H13ClO3/c1-8(12(15)16-2)11(14)7-9-3-5-10(13)6-4-9/h3-6,8H,7H2,1-2H3. The maximum absolute atomic E-state index is 11.7. The van der Waals surface area contributed by atoms with Crippen LogP contribution in [0.3, 0.4) is 0 Å². The molecule has 4 heteroatoms. The molecular formula is C12H13ClO3. The number of rotatable bonds is 4. The highest BCUT2D eigenvalue weighted by Gasteiger charge is 2.21. The van der Waals surface area contributed by atoms with Gasteiger partial charge >= 0.3 is 5.97 Å². The fourth-order valence-electron chi connectivity index (χ4n) is 1.26. The first kappa shape index (κ1) is 12.7. The third kappa shape index (κ3) is 3.35. The number of halogens is 1. The predicted octanol–water partition coefficient (Wildman–Crippen LogP) is 2.26. The summed E-state index contributed by atoms with van der Waals surface area (Å²) in [4.78, 5) is 22.8. The van der Waals surface area contributed by atoms with E-state index in [9.17, 15) is 9.59 Å². The van der Waals surface area contributed by atoms with Gasteiger partial charge in [0.1, 0.15) is 5.92 Å². The Kier molecular flexibility index (Phi) is 4.50. The van der Waals surface area contributed by atoms with Gasteiger partial charge in [-0.15, -0.1) is 0 Å². The summed E-state index contributed by atoms with van der Waals surface area (Å²) in [5, 5.41) is 0.622. The Balaban J connectivity index is 2.64. The molecule has 0 aliphatic heterocycles. The molecule has 1 atom stereocenters. The number of benzene rings is 1.